The third-order valence-corrected chi connectivity index (χ3v) is 3.59. The van der Waals surface area contributed by atoms with E-state index in [4.69, 9.17) is 0 Å². The first-order valence-corrected chi connectivity index (χ1v) is 6.96. The lowest BCUT2D eigenvalue weighted by Gasteiger charge is -2.33. The lowest BCUT2D eigenvalue weighted by Crippen LogP contribution is -2.47. The number of benzene rings is 1. The van der Waals surface area contributed by atoms with Gasteiger partial charge in [-0.1, -0.05) is 12.1 Å². The van der Waals surface area contributed by atoms with E-state index in [0.717, 1.165) is 42.8 Å². The molecule has 0 aliphatic carbocycles. The van der Waals surface area contributed by atoms with Crippen LogP contribution in [0.15, 0.2) is 30.5 Å². The van der Waals surface area contributed by atoms with Gasteiger partial charge in [0, 0.05) is 26.1 Å². The van der Waals surface area contributed by atoms with Gasteiger partial charge in [-0.15, -0.1) is 0 Å². The van der Waals surface area contributed by atoms with Crippen LogP contribution >= 0.6 is 0 Å². The van der Waals surface area contributed by atoms with E-state index in [2.05, 4.69) is 20.2 Å². The minimum atomic E-state index is 0.0291. The molecule has 104 valence electrons. The van der Waals surface area contributed by atoms with Crippen molar-refractivity contribution in [2.45, 2.75) is 25.8 Å². The van der Waals surface area contributed by atoms with Gasteiger partial charge in [0.05, 0.1) is 17.2 Å². The zero-order valence-corrected chi connectivity index (χ0v) is 11.5. The van der Waals surface area contributed by atoms with Crippen LogP contribution in [0.5, 0.6) is 0 Å². The molecule has 2 heterocycles. The van der Waals surface area contributed by atoms with Gasteiger partial charge in [-0.3, -0.25) is 9.78 Å². The van der Waals surface area contributed by atoms with Gasteiger partial charge < -0.3 is 10.2 Å². The number of para-hydroxylation sites is 2. The number of hydrogen-bond donors (Lipinski definition) is 1. The van der Waals surface area contributed by atoms with Crippen molar-refractivity contribution in [1.29, 1.82) is 0 Å². The van der Waals surface area contributed by atoms with Crippen LogP contribution in [0.25, 0.3) is 11.0 Å². The third kappa shape index (κ3) is 2.71. The minimum Gasteiger partial charge on any atom is -0.353 e. The number of nitrogens with zero attached hydrogens (tertiary/aromatic N) is 3. The molecule has 0 radical (unpaired) electrons. The summed E-state index contributed by atoms with van der Waals surface area (Å²) in [5, 5.41) is 2.99. The Kier molecular flexibility index (Phi) is 3.50. The molecule has 2 aromatic rings. The van der Waals surface area contributed by atoms with Crippen LogP contribution in [-0.4, -0.2) is 35.0 Å². The maximum absolute atomic E-state index is 11.2. The Hall–Kier alpha value is -2.17. The zero-order valence-electron chi connectivity index (χ0n) is 11.5. The van der Waals surface area contributed by atoms with E-state index in [0.29, 0.717) is 0 Å². The average molecular weight is 270 g/mol. The molecule has 1 aromatic heterocycles. The van der Waals surface area contributed by atoms with Gasteiger partial charge in [-0.2, -0.15) is 0 Å². The predicted molar refractivity (Wildman–Crippen MR) is 78.6 cm³/mol. The topological polar surface area (TPSA) is 58.1 Å². The van der Waals surface area contributed by atoms with E-state index in [1.165, 1.54) is 0 Å². The van der Waals surface area contributed by atoms with E-state index < -0.39 is 0 Å². The van der Waals surface area contributed by atoms with Crippen LogP contribution in [0, 0.1) is 0 Å². The first-order valence-electron chi connectivity index (χ1n) is 6.96. The van der Waals surface area contributed by atoms with Gasteiger partial charge in [0.25, 0.3) is 0 Å². The number of piperidine rings is 1. The Morgan fingerprint density at radius 1 is 1.35 bits per heavy atom. The highest BCUT2D eigenvalue weighted by molar-refractivity contribution is 5.75. The van der Waals surface area contributed by atoms with Crippen LogP contribution in [0.4, 0.5) is 5.82 Å². The fraction of sp³-hybridized carbons (Fsp3) is 0.400. The zero-order chi connectivity index (χ0) is 13.9. The number of hydrogen-bond acceptors (Lipinski definition) is 4. The van der Waals surface area contributed by atoms with E-state index in [-0.39, 0.29) is 11.9 Å². The molecule has 1 unspecified atom stereocenters. The summed E-state index contributed by atoms with van der Waals surface area (Å²) in [6.07, 6.45) is 3.90. The molecule has 1 fully saturated rings. The summed E-state index contributed by atoms with van der Waals surface area (Å²) < 4.78 is 0. The minimum absolute atomic E-state index is 0.0291. The predicted octanol–water partition coefficient (Wildman–Crippen LogP) is 1.73. The van der Waals surface area contributed by atoms with Crippen LogP contribution in [0.2, 0.25) is 0 Å². The van der Waals surface area contributed by atoms with Crippen molar-refractivity contribution in [3.05, 3.63) is 30.5 Å². The van der Waals surface area contributed by atoms with Crippen LogP contribution < -0.4 is 10.2 Å². The van der Waals surface area contributed by atoms with Gasteiger partial charge in [0.2, 0.25) is 5.91 Å². The van der Waals surface area contributed by atoms with E-state index in [1.807, 2.05) is 30.5 Å². The maximum Gasteiger partial charge on any atom is 0.217 e. The quantitative estimate of drug-likeness (QED) is 0.903. The summed E-state index contributed by atoms with van der Waals surface area (Å²) in [5.41, 5.74) is 1.82. The fourth-order valence-corrected chi connectivity index (χ4v) is 2.69. The smallest absolute Gasteiger partial charge is 0.217 e. The second kappa shape index (κ2) is 5.45. The molecule has 5 nitrogen and oxygen atoms in total. The molecule has 1 atom stereocenters. The second-order valence-corrected chi connectivity index (χ2v) is 5.20. The molecule has 0 spiro atoms. The highest BCUT2D eigenvalue weighted by Gasteiger charge is 2.21. The fourth-order valence-electron chi connectivity index (χ4n) is 2.69. The van der Waals surface area contributed by atoms with Gasteiger partial charge in [-0.25, -0.2) is 4.98 Å². The molecule has 3 rings (SSSR count). The molecule has 1 N–H and O–H groups in total. The number of carbonyl (C=O) groups is 1. The van der Waals surface area contributed by atoms with Crippen molar-refractivity contribution in [2.24, 2.45) is 0 Å². The molecule has 1 aromatic carbocycles. The average Bonchev–Trinajstić information content (AvgIpc) is 2.46. The van der Waals surface area contributed by atoms with Crippen molar-refractivity contribution in [3.63, 3.8) is 0 Å². The molecule has 5 heteroatoms. The first kappa shape index (κ1) is 12.8. The summed E-state index contributed by atoms with van der Waals surface area (Å²) >= 11 is 0. The highest BCUT2D eigenvalue weighted by atomic mass is 16.1. The molecular formula is C15H18N4O. The number of rotatable bonds is 2. The molecule has 1 aliphatic rings. The molecule has 1 amide bonds. The molecule has 20 heavy (non-hydrogen) atoms. The largest absolute Gasteiger partial charge is 0.353 e. The monoisotopic (exact) mass is 270 g/mol. The summed E-state index contributed by atoms with van der Waals surface area (Å²) in [7, 11) is 0. The first-order chi connectivity index (χ1) is 9.72. The molecular weight excluding hydrogens is 252 g/mol. The van der Waals surface area contributed by atoms with Crippen LogP contribution in [0.3, 0.4) is 0 Å². The SMILES string of the molecule is CC(=O)NC1CCCN(c2cnc3ccccc3n2)C1. The summed E-state index contributed by atoms with van der Waals surface area (Å²) in [5.74, 6) is 0.917. The van der Waals surface area contributed by atoms with Gasteiger partial charge in [0.1, 0.15) is 5.82 Å². The normalized spacial score (nSPS) is 19.1. The lowest BCUT2D eigenvalue weighted by atomic mass is 10.1. The standard InChI is InChI=1S/C15H18N4O/c1-11(20)17-12-5-4-8-19(10-12)15-9-16-13-6-2-3-7-14(13)18-15/h2-3,6-7,9,12H,4-5,8,10H2,1H3,(H,17,20). The second-order valence-electron chi connectivity index (χ2n) is 5.20. The van der Waals surface area contributed by atoms with Crippen molar-refractivity contribution in [1.82, 2.24) is 15.3 Å². The van der Waals surface area contributed by atoms with Crippen molar-refractivity contribution in [3.8, 4) is 0 Å². The van der Waals surface area contributed by atoms with Crippen molar-refractivity contribution < 1.29 is 4.79 Å². The Morgan fingerprint density at radius 2 is 2.15 bits per heavy atom. The Bertz CT molecular complexity index is 628. The Morgan fingerprint density at radius 3 is 2.95 bits per heavy atom. The molecule has 1 aliphatic heterocycles. The highest BCUT2D eigenvalue weighted by Crippen LogP contribution is 2.19. The van der Waals surface area contributed by atoms with Gasteiger partial charge in [0.15, 0.2) is 0 Å². The number of fused-ring (bicyclic) bond motifs is 1. The molecule has 0 saturated carbocycles. The molecule has 0 bridgehead atoms. The number of anilines is 1. The van der Waals surface area contributed by atoms with Crippen molar-refractivity contribution in [2.75, 3.05) is 18.0 Å². The number of amides is 1. The Labute approximate surface area is 118 Å². The van der Waals surface area contributed by atoms with Gasteiger partial charge >= 0.3 is 0 Å². The third-order valence-electron chi connectivity index (χ3n) is 3.59. The summed E-state index contributed by atoms with van der Waals surface area (Å²) in [6, 6.07) is 8.07. The molecule has 1 saturated heterocycles. The van der Waals surface area contributed by atoms with Crippen molar-refractivity contribution >= 4 is 22.8 Å². The van der Waals surface area contributed by atoms with Crippen LogP contribution in [-0.2, 0) is 4.79 Å². The van der Waals surface area contributed by atoms with Crippen LogP contribution in [0.1, 0.15) is 19.8 Å². The van der Waals surface area contributed by atoms with Gasteiger partial charge in [-0.05, 0) is 25.0 Å². The number of nitrogens with one attached hydrogen (secondary N) is 1. The lowest BCUT2D eigenvalue weighted by molar-refractivity contribution is -0.119. The van der Waals surface area contributed by atoms with E-state index in [9.17, 15) is 4.79 Å². The Balaban J connectivity index is 1.81. The van der Waals surface area contributed by atoms with E-state index in [1.54, 1.807) is 6.92 Å². The summed E-state index contributed by atoms with van der Waals surface area (Å²) in [6.45, 7) is 3.32. The number of carbonyl (C=O) groups excluding carboxylic acids is 1. The van der Waals surface area contributed by atoms with E-state index >= 15 is 0 Å². The summed E-state index contributed by atoms with van der Waals surface area (Å²) in [4.78, 5) is 22.5. The maximum atomic E-state index is 11.2. The number of aromatic nitrogens is 2.